The molecule has 0 radical (unpaired) electrons. The highest BCUT2D eigenvalue weighted by atomic mass is 28.2. The molecule has 0 saturated heterocycles. The second-order valence-corrected chi connectivity index (χ2v) is 2.82. The molecule has 1 heterocycles. The minimum Gasteiger partial charge on any atom is -0.528 e. The van der Waals surface area contributed by atoms with Crippen molar-refractivity contribution >= 4 is 16.5 Å². The molecule has 1 aromatic heterocycles. The average molecular weight is 185 g/mol. The summed E-state index contributed by atoms with van der Waals surface area (Å²) in [5.41, 5.74) is 6.36. The van der Waals surface area contributed by atoms with E-state index in [2.05, 4.69) is 14.4 Å². The van der Waals surface area contributed by atoms with Gasteiger partial charge in [-0.3, -0.25) is 4.79 Å². The van der Waals surface area contributed by atoms with E-state index in [-0.39, 0.29) is 5.97 Å². The fourth-order valence-corrected chi connectivity index (χ4v) is 1.17. The van der Waals surface area contributed by atoms with E-state index in [4.69, 9.17) is 5.73 Å². The average Bonchev–Trinajstić information content (AvgIpc) is 2.55. The third-order valence-corrected chi connectivity index (χ3v) is 1.90. The van der Waals surface area contributed by atoms with Gasteiger partial charge in [-0.05, 0) is 0 Å². The summed E-state index contributed by atoms with van der Waals surface area (Å²) in [7, 11) is 0.389. The van der Waals surface area contributed by atoms with Gasteiger partial charge in [-0.25, -0.2) is 4.98 Å². The minimum absolute atomic E-state index is 0.351. The summed E-state index contributed by atoms with van der Waals surface area (Å²) in [5, 5.41) is 0. The van der Waals surface area contributed by atoms with Gasteiger partial charge in [0.05, 0.1) is 6.33 Å². The maximum absolute atomic E-state index is 10.9. The van der Waals surface area contributed by atoms with Gasteiger partial charge in [-0.15, -0.1) is 0 Å². The van der Waals surface area contributed by atoms with E-state index in [1.807, 2.05) is 0 Å². The summed E-state index contributed by atoms with van der Waals surface area (Å²) < 4.78 is 4.60. The van der Waals surface area contributed by atoms with Crippen molar-refractivity contribution in [3.05, 3.63) is 18.2 Å². The van der Waals surface area contributed by atoms with Crippen molar-refractivity contribution in [3.63, 3.8) is 0 Å². The zero-order chi connectivity index (χ0) is 8.97. The highest BCUT2D eigenvalue weighted by molar-refractivity contribution is 6.06. The van der Waals surface area contributed by atoms with E-state index >= 15 is 0 Å². The molecule has 1 aromatic rings. The summed E-state index contributed by atoms with van der Waals surface area (Å²) in [6.07, 6.45) is 3.63. The number of H-pyrrole nitrogens is 1. The molecule has 0 amide bonds. The van der Waals surface area contributed by atoms with Crippen LogP contribution in [0.1, 0.15) is 5.69 Å². The number of aromatic nitrogens is 2. The third-order valence-electron chi connectivity index (χ3n) is 1.50. The zero-order valence-corrected chi connectivity index (χ0v) is 8.78. The molecule has 1 rings (SSSR count). The van der Waals surface area contributed by atoms with Crippen LogP contribution >= 0.6 is 0 Å². The highest BCUT2D eigenvalue weighted by Gasteiger charge is 2.13. The van der Waals surface area contributed by atoms with E-state index in [9.17, 15) is 4.79 Å². The van der Waals surface area contributed by atoms with E-state index < -0.39 is 6.04 Å². The van der Waals surface area contributed by atoms with E-state index in [0.29, 0.717) is 16.9 Å². The van der Waals surface area contributed by atoms with Crippen molar-refractivity contribution in [2.45, 2.75) is 12.5 Å². The predicted octanol–water partition coefficient (Wildman–Crippen LogP) is -1.90. The number of hydrogen-bond donors (Lipinski definition) is 2. The maximum Gasteiger partial charge on any atom is 0.309 e. The molecule has 0 aromatic carbocycles. The molecule has 0 unspecified atom stereocenters. The molecule has 0 spiro atoms. The Labute approximate surface area is 72.9 Å². The number of aromatic amines is 1. The van der Waals surface area contributed by atoms with Crippen LogP contribution in [0.25, 0.3) is 0 Å². The lowest BCUT2D eigenvalue weighted by Crippen LogP contribution is -2.33. The van der Waals surface area contributed by atoms with Crippen LogP contribution in [0.2, 0.25) is 0 Å². The van der Waals surface area contributed by atoms with E-state index in [0.717, 1.165) is 5.69 Å². The Morgan fingerprint density at radius 3 is 3.17 bits per heavy atom. The fourth-order valence-electron chi connectivity index (χ4n) is 0.868. The summed E-state index contributed by atoms with van der Waals surface area (Å²) in [6, 6.07) is -0.581. The lowest BCUT2D eigenvalue weighted by molar-refractivity contribution is -0.135. The smallest absolute Gasteiger partial charge is 0.309 e. The van der Waals surface area contributed by atoms with Gasteiger partial charge in [0.25, 0.3) is 0 Å². The molecule has 5 nitrogen and oxygen atoms in total. The van der Waals surface area contributed by atoms with Crippen LogP contribution in [-0.2, 0) is 15.6 Å². The van der Waals surface area contributed by atoms with Gasteiger partial charge in [0.1, 0.15) is 6.04 Å². The van der Waals surface area contributed by atoms with Crippen molar-refractivity contribution in [1.82, 2.24) is 9.97 Å². The van der Waals surface area contributed by atoms with Gasteiger partial charge in [-0.2, -0.15) is 0 Å². The van der Waals surface area contributed by atoms with Gasteiger partial charge in [0.2, 0.25) is 10.5 Å². The van der Waals surface area contributed by atoms with Gasteiger partial charge in [0.15, 0.2) is 0 Å². The predicted molar refractivity (Wildman–Crippen MR) is 46.3 cm³/mol. The monoisotopic (exact) mass is 185 g/mol. The quantitative estimate of drug-likeness (QED) is 0.539. The zero-order valence-electron chi connectivity index (χ0n) is 6.78. The van der Waals surface area contributed by atoms with Crippen LogP contribution in [0, 0.1) is 0 Å². The van der Waals surface area contributed by atoms with Gasteiger partial charge < -0.3 is 15.1 Å². The first-order valence-corrected chi connectivity index (χ1v) is 4.36. The van der Waals surface area contributed by atoms with Gasteiger partial charge >= 0.3 is 5.97 Å². The van der Waals surface area contributed by atoms with Crippen molar-refractivity contribution < 1.29 is 9.22 Å². The van der Waals surface area contributed by atoms with Crippen LogP contribution in [0.15, 0.2) is 12.5 Å². The Bertz CT molecular complexity index is 249. The lowest BCUT2D eigenvalue weighted by atomic mass is 10.2. The number of nitrogens with one attached hydrogen (secondary N) is 1. The largest absolute Gasteiger partial charge is 0.528 e. The Balaban J connectivity index is 2.47. The summed E-state index contributed by atoms with van der Waals surface area (Å²) >= 11 is 0. The third kappa shape index (κ3) is 2.17. The molecule has 0 bridgehead atoms. The number of nitrogens with two attached hydrogens (primary N) is 1. The van der Waals surface area contributed by atoms with Crippen LogP contribution in [0.5, 0.6) is 0 Å². The van der Waals surface area contributed by atoms with Crippen molar-refractivity contribution in [2.75, 3.05) is 0 Å². The van der Waals surface area contributed by atoms with Crippen LogP contribution in [-0.4, -0.2) is 32.5 Å². The van der Waals surface area contributed by atoms with Gasteiger partial charge in [-0.1, -0.05) is 0 Å². The van der Waals surface area contributed by atoms with Crippen molar-refractivity contribution in [3.8, 4) is 0 Å². The summed E-state index contributed by atoms with van der Waals surface area (Å²) in [5.74, 6) is -0.351. The first-order valence-electron chi connectivity index (χ1n) is 3.54. The Morgan fingerprint density at radius 2 is 2.67 bits per heavy atom. The summed E-state index contributed by atoms with van der Waals surface area (Å²) in [6.45, 7) is 0. The number of hydrogen-bond acceptors (Lipinski definition) is 4. The molecule has 0 aliphatic carbocycles. The summed E-state index contributed by atoms with van der Waals surface area (Å²) in [4.78, 5) is 17.6. The maximum atomic E-state index is 10.9. The van der Waals surface area contributed by atoms with E-state index in [1.165, 1.54) is 0 Å². The van der Waals surface area contributed by atoms with Crippen molar-refractivity contribution in [1.29, 1.82) is 0 Å². The molecule has 1 atom stereocenters. The normalized spacial score (nSPS) is 12.8. The lowest BCUT2D eigenvalue weighted by Gasteiger charge is -2.07. The first-order chi connectivity index (χ1) is 5.74. The number of nitrogens with zero attached hydrogens (tertiary/aromatic N) is 1. The van der Waals surface area contributed by atoms with Crippen LogP contribution in [0.3, 0.4) is 0 Å². The topological polar surface area (TPSA) is 81.0 Å². The standard InChI is InChI=1S/C6H11N3O2Si/c7-5(6(10)11-12)1-4-2-8-3-9-4/h2-3,5H,1,7H2,12H3,(H,8,9)/t5-/m0/s1. The van der Waals surface area contributed by atoms with Crippen molar-refractivity contribution in [2.24, 2.45) is 5.73 Å². The Morgan fingerprint density at radius 1 is 1.92 bits per heavy atom. The molecular formula is C6H11N3O2Si. The number of carbonyl (C=O) groups is 1. The molecule has 66 valence electrons. The van der Waals surface area contributed by atoms with Gasteiger partial charge in [0, 0.05) is 18.3 Å². The minimum atomic E-state index is -0.581. The molecular weight excluding hydrogens is 174 g/mol. The molecule has 0 saturated carbocycles. The number of carbonyl (C=O) groups excluding carboxylic acids is 1. The fraction of sp³-hybridized carbons (Fsp3) is 0.333. The second-order valence-electron chi connectivity index (χ2n) is 2.41. The van der Waals surface area contributed by atoms with E-state index in [1.54, 1.807) is 12.5 Å². The molecule has 6 heteroatoms. The molecule has 0 fully saturated rings. The molecule has 3 N–H and O–H groups in total. The van der Waals surface area contributed by atoms with Crippen LogP contribution in [0.4, 0.5) is 0 Å². The highest BCUT2D eigenvalue weighted by Crippen LogP contribution is 1.96. The number of rotatable bonds is 3. The molecule has 0 aliphatic rings. The Hall–Kier alpha value is -1.14. The molecule has 0 aliphatic heterocycles. The van der Waals surface area contributed by atoms with Crippen LogP contribution < -0.4 is 5.73 Å². The first kappa shape index (κ1) is 8.95. The molecule has 12 heavy (non-hydrogen) atoms. The second kappa shape index (κ2) is 4.03. The Kier molecular flexibility index (Phi) is 3.00. The SMILES string of the molecule is N[C@@H](Cc1cnc[nH]1)C(=O)O[SiH3]. The number of imidazole rings is 1.